The summed E-state index contributed by atoms with van der Waals surface area (Å²) in [5.74, 6) is 1.13. The highest BCUT2D eigenvalue weighted by Crippen LogP contribution is 2.31. The summed E-state index contributed by atoms with van der Waals surface area (Å²) in [5.41, 5.74) is 0. The van der Waals surface area contributed by atoms with Crippen LogP contribution in [0, 0.1) is 5.92 Å². The number of aliphatic hydroxyl groups excluding tert-OH is 1. The van der Waals surface area contributed by atoms with Crippen molar-refractivity contribution in [3.8, 4) is 0 Å². The molecule has 0 bridgehead atoms. The molecule has 0 amide bonds. The minimum absolute atomic E-state index is 0.750. The number of hydrogen-bond donors (Lipinski definition) is 1. The molecule has 0 aromatic heterocycles. The fourth-order valence-electron chi connectivity index (χ4n) is 0.526. The first-order chi connectivity index (χ1) is 3.85. The number of aliphatic hydroxyl groups is 1. The third kappa shape index (κ3) is 5.54. The van der Waals surface area contributed by atoms with Crippen LogP contribution in [-0.4, -0.2) is 5.11 Å². The second kappa shape index (κ2) is 4.69. The minimum atomic E-state index is 0.750. The van der Waals surface area contributed by atoms with Crippen molar-refractivity contribution in [1.29, 1.82) is 0 Å². The molecule has 0 spiro atoms. The van der Waals surface area contributed by atoms with Gasteiger partial charge in [0.05, 0.1) is 6.26 Å². The van der Waals surface area contributed by atoms with E-state index in [0.29, 0.717) is 0 Å². The smallest absolute Gasteiger partial charge is 0.0719 e. The van der Waals surface area contributed by atoms with Crippen molar-refractivity contribution in [3.63, 3.8) is 0 Å². The second-order valence-electron chi connectivity index (χ2n) is 2.03. The molecule has 0 heterocycles. The van der Waals surface area contributed by atoms with Gasteiger partial charge in [0.25, 0.3) is 0 Å². The number of rotatable bonds is 1. The SMILES string of the molecule is C=CO.CCC1CC1. The van der Waals surface area contributed by atoms with E-state index in [-0.39, 0.29) is 0 Å². The lowest BCUT2D eigenvalue weighted by Crippen LogP contribution is -1.59. The molecule has 0 aliphatic heterocycles. The molecule has 1 fully saturated rings. The fraction of sp³-hybridized carbons (Fsp3) is 0.714. The predicted molar refractivity (Wildman–Crippen MR) is 35.8 cm³/mol. The predicted octanol–water partition coefficient (Wildman–Crippen LogP) is 2.49. The summed E-state index contributed by atoms with van der Waals surface area (Å²) in [6.07, 6.45) is 5.19. The van der Waals surface area contributed by atoms with E-state index in [1.807, 2.05) is 0 Å². The molecule has 0 aromatic carbocycles. The van der Waals surface area contributed by atoms with E-state index < -0.39 is 0 Å². The standard InChI is InChI=1S/C5H10.C2H4O/c1-2-5-3-4-5;1-2-3/h5H,2-4H2,1H3;2-3H,1H2. The largest absolute Gasteiger partial charge is 0.516 e. The van der Waals surface area contributed by atoms with E-state index in [1.54, 1.807) is 0 Å². The Labute approximate surface area is 51.0 Å². The van der Waals surface area contributed by atoms with Crippen molar-refractivity contribution < 1.29 is 5.11 Å². The van der Waals surface area contributed by atoms with Crippen molar-refractivity contribution >= 4 is 0 Å². The van der Waals surface area contributed by atoms with Crippen LogP contribution in [0.1, 0.15) is 26.2 Å². The maximum absolute atomic E-state index is 7.33. The van der Waals surface area contributed by atoms with Crippen molar-refractivity contribution in [3.05, 3.63) is 12.8 Å². The van der Waals surface area contributed by atoms with Crippen molar-refractivity contribution in [2.45, 2.75) is 26.2 Å². The molecule has 0 aromatic rings. The molecule has 0 unspecified atom stereocenters. The van der Waals surface area contributed by atoms with Crippen LogP contribution in [0.5, 0.6) is 0 Å². The zero-order valence-corrected chi connectivity index (χ0v) is 5.43. The Hall–Kier alpha value is -0.460. The van der Waals surface area contributed by atoms with Gasteiger partial charge >= 0.3 is 0 Å². The van der Waals surface area contributed by atoms with Crippen LogP contribution in [-0.2, 0) is 0 Å². The molecule has 0 atom stereocenters. The van der Waals surface area contributed by atoms with Crippen LogP contribution >= 0.6 is 0 Å². The molecule has 1 rings (SSSR count). The summed E-state index contributed by atoms with van der Waals surface area (Å²) >= 11 is 0. The lowest BCUT2D eigenvalue weighted by atomic mass is 10.3. The Morgan fingerprint density at radius 2 is 2.12 bits per heavy atom. The first kappa shape index (κ1) is 7.54. The molecule has 1 aliphatic carbocycles. The van der Waals surface area contributed by atoms with Gasteiger partial charge in [-0.25, -0.2) is 0 Å². The van der Waals surface area contributed by atoms with Crippen molar-refractivity contribution in [2.24, 2.45) is 5.92 Å². The molecular formula is C7H14O. The summed E-state index contributed by atoms with van der Waals surface area (Å²) in [5, 5.41) is 7.33. The molecule has 0 saturated heterocycles. The van der Waals surface area contributed by atoms with Crippen molar-refractivity contribution in [2.75, 3.05) is 0 Å². The van der Waals surface area contributed by atoms with E-state index in [2.05, 4.69) is 13.5 Å². The average molecular weight is 114 g/mol. The van der Waals surface area contributed by atoms with Crippen LogP contribution in [0.25, 0.3) is 0 Å². The van der Waals surface area contributed by atoms with Gasteiger partial charge in [-0.3, -0.25) is 0 Å². The first-order valence-electron chi connectivity index (χ1n) is 3.10. The van der Waals surface area contributed by atoms with E-state index >= 15 is 0 Å². The Balaban J connectivity index is 0.000000145. The monoisotopic (exact) mass is 114 g/mol. The lowest BCUT2D eigenvalue weighted by molar-refractivity contribution is 0.476. The molecule has 8 heavy (non-hydrogen) atoms. The Morgan fingerprint density at radius 1 is 1.75 bits per heavy atom. The molecule has 1 saturated carbocycles. The van der Waals surface area contributed by atoms with Crippen LogP contribution in [0.15, 0.2) is 12.8 Å². The topological polar surface area (TPSA) is 20.2 Å². The molecule has 0 radical (unpaired) electrons. The molecular weight excluding hydrogens is 100 g/mol. The first-order valence-corrected chi connectivity index (χ1v) is 3.10. The van der Waals surface area contributed by atoms with Gasteiger partial charge in [0.15, 0.2) is 0 Å². The molecule has 1 heteroatoms. The third-order valence-electron chi connectivity index (χ3n) is 1.27. The molecule has 1 N–H and O–H groups in total. The summed E-state index contributed by atoms with van der Waals surface area (Å²) in [6.45, 7) is 5.18. The highest BCUT2D eigenvalue weighted by atomic mass is 16.2. The average Bonchev–Trinajstić information content (AvgIpc) is 2.48. The Morgan fingerprint density at radius 3 is 2.12 bits per heavy atom. The van der Waals surface area contributed by atoms with Crippen LogP contribution < -0.4 is 0 Å². The van der Waals surface area contributed by atoms with E-state index in [0.717, 1.165) is 12.2 Å². The maximum atomic E-state index is 7.33. The quantitative estimate of drug-likeness (QED) is 0.519. The fourth-order valence-corrected chi connectivity index (χ4v) is 0.526. The number of hydrogen-bond acceptors (Lipinski definition) is 1. The molecule has 48 valence electrons. The van der Waals surface area contributed by atoms with Gasteiger partial charge in [0.2, 0.25) is 0 Å². The Bertz CT molecular complexity index is 55.4. The normalized spacial score (nSPS) is 16.1. The van der Waals surface area contributed by atoms with E-state index in [4.69, 9.17) is 5.11 Å². The summed E-state index contributed by atoms with van der Waals surface area (Å²) < 4.78 is 0. The summed E-state index contributed by atoms with van der Waals surface area (Å²) in [4.78, 5) is 0. The highest BCUT2D eigenvalue weighted by Gasteiger charge is 2.17. The third-order valence-corrected chi connectivity index (χ3v) is 1.27. The van der Waals surface area contributed by atoms with Crippen LogP contribution in [0.3, 0.4) is 0 Å². The van der Waals surface area contributed by atoms with Crippen LogP contribution in [0.2, 0.25) is 0 Å². The summed E-state index contributed by atoms with van der Waals surface area (Å²) in [6, 6.07) is 0. The molecule has 1 nitrogen and oxygen atoms in total. The highest BCUT2D eigenvalue weighted by molar-refractivity contribution is 4.69. The Kier molecular flexibility index (Phi) is 4.42. The van der Waals surface area contributed by atoms with Gasteiger partial charge in [0.1, 0.15) is 0 Å². The lowest BCUT2D eigenvalue weighted by Gasteiger charge is -1.72. The van der Waals surface area contributed by atoms with E-state index in [9.17, 15) is 0 Å². The minimum Gasteiger partial charge on any atom is -0.516 e. The summed E-state index contributed by atoms with van der Waals surface area (Å²) in [7, 11) is 0. The van der Waals surface area contributed by atoms with Gasteiger partial charge in [0, 0.05) is 0 Å². The second-order valence-corrected chi connectivity index (χ2v) is 2.03. The zero-order chi connectivity index (χ0) is 6.41. The maximum Gasteiger partial charge on any atom is 0.0719 e. The van der Waals surface area contributed by atoms with E-state index in [1.165, 1.54) is 19.3 Å². The van der Waals surface area contributed by atoms with Crippen LogP contribution in [0.4, 0.5) is 0 Å². The van der Waals surface area contributed by atoms with Gasteiger partial charge in [-0.2, -0.15) is 0 Å². The molecule has 1 aliphatic rings. The van der Waals surface area contributed by atoms with Gasteiger partial charge in [-0.15, -0.1) is 0 Å². The zero-order valence-electron chi connectivity index (χ0n) is 5.43. The van der Waals surface area contributed by atoms with Gasteiger partial charge < -0.3 is 5.11 Å². The van der Waals surface area contributed by atoms with Crippen molar-refractivity contribution in [1.82, 2.24) is 0 Å². The van der Waals surface area contributed by atoms with Gasteiger partial charge in [-0.05, 0) is 5.92 Å². The van der Waals surface area contributed by atoms with Gasteiger partial charge in [-0.1, -0.05) is 32.8 Å².